The number of aryl methyl sites for hydroxylation is 1. The zero-order chi connectivity index (χ0) is 13.2. The fraction of sp³-hybridized carbons (Fsp3) is 0.500. The van der Waals surface area contributed by atoms with Crippen LogP contribution in [-0.2, 0) is 6.42 Å². The van der Waals surface area contributed by atoms with E-state index >= 15 is 0 Å². The molecule has 3 rings (SSSR count). The molecule has 2 aromatic rings. The second-order valence-electron chi connectivity index (χ2n) is 5.10. The van der Waals surface area contributed by atoms with Gasteiger partial charge >= 0.3 is 0 Å². The minimum atomic E-state index is 0.157. The molecule has 100 valence electrons. The molecule has 0 radical (unpaired) electrons. The molecule has 0 saturated heterocycles. The molecule has 2 atom stereocenters. The van der Waals surface area contributed by atoms with Gasteiger partial charge in [0.1, 0.15) is 0 Å². The highest BCUT2D eigenvalue weighted by Crippen LogP contribution is 2.33. The second kappa shape index (κ2) is 5.09. The molecule has 19 heavy (non-hydrogen) atoms. The smallest absolute Gasteiger partial charge is 0.168 e. The van der Waals surface area contributed by atoms with E-state index in [0.29, 0.717) is 0 Å². The van der Waals surface area contributed by atoms with Crippen LogP contribution in [0.5, 0.6) is 0 Å². The largest absolute Gasteiger partial charge is 0.311 e. The Morgan fingerprint density at radius 2 is 2.21 bits per heavy atom. The van der Waals surface area contributed by atoms with E-state index in [1.165, 1.54) is 17.5 Å². The van der Waals surface area contributed by atoms with Gasteiger partial charge in [-0.25, -0.2) is 4.68 Å². The summed E-state index contributed by atoms with van der Waals surface area (Å²) in [6.07, 6.45) is 3.45. The van der Waals surface area contributed by atoms with Crippen molar-refractivity contribution in [3.63, 3.8) is 0 Å². The van der Waals surface area contributed by atoms with Crippen LogP contribution in [0.3, 0.4) is 0 Å². The molecule has 5 heteroatoms. The lowest BCUT2D eigenvalue weighted by Crippen LogP contribution is -2.24. The van der Waals surface area contributed by atoms with Crippen LogP contribution in [0.25, 0.3) is 0 Å². The van der Waals surface area contributed by atoms with Crippen LogP contribution in [0.15, 0.2) is 24.3 Å². The van der Waals surface area contributed by atoms with Crippen LogP contribution in [0.4, 0.5) is 0 Å². The van der Waals surface area contributed by atoms with Crippen molar-refractivity contribution in [2.24, 2.45) is 0 Å². The Hall–Kier alpha value is -1.75. The monoisotopic (exact) mass is 257 g/mol. The van der Waals surface area contributed by atoms with Gasteiger partial charge in [0, 0.05) is 0 Å². The number of hydrogen-bond donors (Lipinski definition) is 1. The van der Waals surface area contributed by atoms with Crippen molar-refractivity contribution < 1.29 is 0 Å². The summed E-state index contributed by atoms with van der Waals surface area (Å²) in [7, 11) is 1.93. The summed E-state index contributed by atoms with van der Waals surface area (Å²) >= 11 is 0. The van der Waals surface area contributed by atoms with Gasteiger partial charge < -0.3 is 5.32 Å². The van der Waals surface area contributed by atoms with Gasteiger partial charge in [0.2, 0.25) is 0 Å². The zero-order valence-corrected chi connectivity index (χ0v) is 11.4. The summed E-state index contributed by atoms with van der Waals surface area (Å²) in [6, 6.07) is 9.05. The Balaban J connectivity index is 2.02. The maximum atomic E-state index is 4.22. The maximum absolute atomic E-state index is 4.22. The molecule has 1 aliphatic carbocycles. The molecule has 0 amide bonds. The normalized spacial score (nSPS) is 20.0. The molecule has 0 aliphatic heterocycles. The SMILES string of the molecule is CNC(C)c1nnnn1C1CCCc2ccccc21. The van der Waals surface area contributed by atoms with Crippen molar-refractivity contribution in [1.29, 1.82) is 0 Å². The number of tetrazole rings is 1. The highest BCUT2D eigenvalue weighted by atomic mass is 15.6. The van der Waals surface area contributed by atoms with Gasteiger partial charge in [-0.1, -0.05) is 24.3 Å². The van der Waals surface area contributed by atoms with Gasteiger partial charge in [0.15, 0.2) is 5.82 Å². The van der Waals surface area contributed by atoms with Gasteiger partial charge in [-0.2, -0.15) is 0 Å². The molecule has 0 bridgehead atoms. The number of aromatic nitrogens is 4. The minimum absolute atomic E-state index is 0.157. The van der Waals surface area contributed by atoms with Gasteiger partial charge in [0.25, 0.3) is 0 Å². The second-order valence-corrected chi connectivity index (χ2v) is 5.10. The Bertz CT molecular complexity index is 562. The Kier molecular flexibility index (Phi) is 3.29. The minimum Gasteiger partial charge on any atom is -0.311 e. The third kappa shape index (κ3) is 2.14. The summed E-state index contributed by atoms with van der Waals surface area (Å²) in [5.74, 6) is 0.907. The van der Waals surface area contributed by atoms with Gasteiger partial charge in [-0.3, -0.25) is 0 Å². The van der Waals surface area contributed by atoms with E-state index in [2.05, 4.69) is 52.0 Å². The van der Waals surface area contributed by atoms with Crippen molar-refractivity contribution in [2.75, 3.05) is 7.05 Å². The maximum Gasteiger partial charge on any atom is 0.168 e. The van der Waals surface area contributed by atoms with E-state index in [0.717, 1.165) is 18.7 Å². The van der Waals surface area contributed by atoms with E-state index in [1.54, 1.807) is 0 Å². The van der Waals surface area contributed by atoms with Crippen LogP contribution in [0.2, 0.25) is 0 Å². The molecular weight excluding hydrogens is 238 g/mol. The standard InChI is InChI=1S/C14H19N5/c1-10(15-2)14-16-17-18-19(14)13-9-5-7-11-6-3-4-8-12(11)13/h3-4,6,8,10,13,15H,5,7,9H2,1-2H3. The highest BCUT2D eigenvalue weighted by molar-refractivity contribution is 5.32. The quantitative estimate of drug-likeness (QED) is 0.912. The molecule has 1 heterocycles. The van der Waals surface area contributed by atoms with Crippen molar-refractivity contribution in [3.8, 4) is 0 Å². The van der Waals surface area contributed by atoms with Gasteiger partial charge in [-0.05, 0) is 54.8 Å². The first-order valence-corrected chi connectivity index (χ1v) is 6.84. The first-order chi connectivity index (χ1) is 9.31. The number of hydrogen-bond acceptors (Lipinski definition) is 4. The number of nitrogens with zero attached hydrogens (tertiary/aromatic N) is 4. The first kappa shape index (κ1) is 12.3. The Labute approximate surface area is 113 Å². The van der Waals surface area contributed by atoms with Crippen molar-refractivity contribution in [1.82, 2.24) is 25.5 Å². The topological polar surface area (TPSA) is 55.6 Å². The predicted molar refractivity (Wildman–Crippen MR) is 72.8 cm³/mol. The van der Waals surface area contributed by atoms with E-state index in [4.69, 9.17) is 0 Å². The molecular formula is C14H19N5. The molecule has 1 N–H and O–H groups in total. The Morgan fingerprint density at radius 1 is 1.37 bits per heavy atom. The van der Waals surface area contributed by atoms with Crippen molar-refractivity contribution in [2.45, 2.75) is 38.3 Å². The molecule has 5 nitrogen and oxygen atoms in total. The van der Waals surface area contributed by atoms with E-state index in [1.807, 2.05) is 11.7 Å². The van der Waals surface area contributed by atoms with E-state index in [-0.39, 0.29) is 12.1 Å². The third-order valence-corrected chi connectivity index (χ3v) is 3.97. The average molecular weight is 257 g/mol. The molecule has 0 fully saturated rings. The molecule has 0 spiro atoms. The van der Waals surface area contributed by atoms with E-state index < -0.39 is 0 Å². The summed E-state index contributed by atoms with van der Waals surface area (Å²) in [4.78, 5) is 0. The number of rotatable bonds is 3. The first-order valence-electron chi connectivity index (χ1n) is 6.84. The highest BCUT2D eigenvalue weighted by Gasteiger charge is 2.26. The van der Waals surface area contributed by atoms with Crippen LogP contribution in [0, 0.1) is 0 Å². The summed E-state index contributed by atoms with van der Waals surface area (Å²) in [5, 5.41) is 15.5. The zero-order valence-electron chi connectivity index (χ0n) is 11.4. The van der Waals surface area contributed by atoms with Crippen LogP contribution >= 0.6 is 0 Å². The molecule has 2 unspecified atom stereocenters. The Morgan fingerprint density at radius 3 is 3.05 bits per heavy atom. The van der Waals surface area contributed by atoms with Crippen LogP contribution in [-0.4, -0.2) is 27.3 Å². The molecule has 1 aliphatic rings. The van der Waals surface area contributed by atoms with E-state index in [9.17, 15) is 0 Å². The fourth-order valence-electron chi connectivity index (χ4n) is 2.82. The third-order valence-electron chi connectivity index (χ3n) is 3.97. The van der Waals surface area contributed by atoms with Gasteiger partial charge in [0.05, 0.1) is 12.1 Å². The number of benzene rings is 1. The number of nitrogens with one attached hydrogen (secondary N) is 1. The number of fused-ring (bicyclic) bond motifs is 1. The molecule has 1 aromatic carbocycles. The molecule has 1 aromatic heterocycles. The lowest BCUT2D eigenvalue weighted by molar-refractivity contribution is 0.411. The fourth-order valence-corrected chi connectivity index (χ4v) is 2.82. The lowest BCUT2D eigenvalue weighted by atomic mass is 9.88. The van der Waals surface area contributed by atoms with Crippen molar-refractivity contribution >= 4 is 0 Å². The summed E-state index contributed by atoms with van der Waals surface area (Å²) < 4.78 is 1.99. The van der Waals surface area contributed by atoms with Crippen LogP contribution in [0.1, 0.15) is 48.8 Å². The summed E-state index contributed by atoms with van der Waals surface area (Å²) in [6.45, 7) is 2.08. The summed E-state index contributed by atoms with van der Waals surface area (Å²) in [5.41, 5.74) is 2.79. The van der Waals surface area contributed by atoms with Crippen LogP contribution < -0.4 is 5.32 Å². The average Bonchev–Trinajstić information content (AvgIpc) is 2.95. The lowest BCUT2D eigenvalue weighted by Gasteiger charge is -2.26. The molecule has 0 saturated carbocycles. The van der Waals surface area contributed by atoms with Gasteiger partial charge in [-0.15, -0.1) is 5.10 Å². The predicted octanol–water partition coefficient (Wildman–Crippen LogP) is 1.88. The van der Waals surface area contributed by atoms with Crippen molar-refractivity contribution in [3.05, 3.63) is 41.2 Å².